The highest BCUT2D eigenvalue weighted by atomic mass is 35.5. The van der Waals surface area contributed by atoms with Gasteiger partial charge in [0.15, 0.2) is 0 Å². The third kappa shape index (κ3) is 3.54. The molecule has 0 radical (unpaired) electrons. The Hall–Kier alpha value is -2.50. The summed E-state index contributed by atoms with van der Waals surface area (Å²) in [7, 11) is 0. The van der Waals surface area contributed by atoms with Crippen molar-refractivity contribution in [2.24, 2.45) is 5.16 Å². The number of hydrogen-bond donors (Lipinski definition) is 0. The number of nitrogens with zero attached hydrogens (tertiary/aromatic N) is 3. The zero-order valence-corrected chi connectivity index (χ0v) is 15.2. The summed E-state index contributed by atoms with van der Waals surface area (Å²) < 4.78 is 7.81. The number of fused-ring (bicyclic) bond motifs is 1. The first kappa shape index (κ1) is 16.9. The highest BCUT2D eigenvalue weighted by Gasteiger charge is 2.29. The van der Waals surface area contributed by atoms with E-state index in [2.05, 4.69) is 10.1 Å². The zero-order chi connectivity index (χ0) is 17.9. The predicted octanol–water partition coefficient (Wildman–Crippen LogP) is 4.74. The first-order chi connectivity index (χ1) is 12.7. The SMILES string of the molecule is Clc1ccc(CO/N=C2/c3ccc(Cl)cc3OCC2n2ccnc2)cc1. The number of aromatic nitrogens is 2. The van der Waals surface area contributed by atoms with Gasteiger partial charge in [-0.1, -0.05) is 40.5 Å². The van der Waals surface area contributed by atoms with E-state index in [4.69, 9.17) is 32.8 Å². The molecule has 0 saturated heterocycles. The predicted molar refractivity (Wildman–Crippen MR) is 101 cm³/mol. The molecule has 0 amide bonds. The Kier molecular flexibility index (Phi) is 4.82. The number of hydrogen-bond acceptors (Lipinski definition) is 4. The van der Waals surface area contributed by atoms with Crippen molar-refractivity contribution in [3.05, 3.63) is 82.4 Å². The maximum atomic E-state index is 6.08. The summed E-state index contributed by atoms with van der Waals surface area (Å²) in [5.41, 5.74) is 2.62. The second-order valence-corrected chi connectivity index (χ2v) is 6.73. The molecule has 2 aromatic carbocycles. The smallest absolute Gasteiger partial charge is 0.142 e. The molecule has 5 nitrogen and oxygen atoms in total. The van der Waals surface area contributed by atoms with Crippen LogP contribution in [-0.4, -0.2) is 21.9 Å². The Balaban J connectivity index is 1.63. The van der Waals surface area contributed by atoms with Crippen LogP contribution < -0.4 is 4.74 Å². The molecule has 0 fully saturated rings. The van der Waals surface area contributed by atoms with Crippen molar-refractivity contribution in [1.29, 1.82) is 0 Å². The molecule has 4 rings (SSSR count). The maximum absolute atomic E-state index is 6.08. The van der Waals surface area contributed by atoms with Crippen molar-refractivity contribution in [2.75, 3.05) is 6.61 Å². The van der Waals surface area contributed by atoms with Crippen LogP contribution in [0.5, 0.6) is 5.75 Å². The summed E-state index contributed by atoms with van der Waals surface area (Å²) in [5, 5.41) is 5.73. The van der Waals surface area contributed by atoms with Crippen LogP contribution in [0.1, 0.15) is 17.2 Å². The van der Waals surface area contributed by atoms with Crippen LogP contribution >= 0.6 is 23.2 Å². The van der Waals surface area contributed by atoms with Gasteiger partial charge in [-0.2, -0.15) is 0 Å². The molecule has 1 unspecified atom stereocenters. The van der Waals surface area contributed by atoms with Crippen molar-refractivity contribution < 1.29 is 9.57 Å². The van der Waals surface area contributed by atoms with Gasteiger partial charge in [-0.15, -0.1) is 0 Å². The molecule has 1 aromatic heterocycles. The van der Waals surface area contributed by atoms with Crippen LogP contribution in [0.2, 0.25) is 10.0 Å². The van der Waals surface area contributed by atoms with Crippen molar-refractivity contribution in [3.63, 3.8) is 0 Å². The Labute approximate surface area is 160 Å². The first-order valence-electron chi connectivity index (χ1n) is 8.05. The summed E-state index contributed by atoms with van der Waals surface area (Å²) in [6.45, 7) is 0.772. The lowest BCUT2D eigenvalue weighted by Gasteiger charge is -2.27. The van der Waals surface area contributed by atoms with E-state index in [9.17, 15) is 0 Å². The van der Waals surface area contributed by atoms with Crippen LogP contribution in [0.25, 0.3) is 0 Å². The molecule has 0 N–H and O–H groups in total. The lowest BCUT2D eigenvalue weighted by Crippen LogP contribution is -2.30. The van der Waals surface area contributed by atoms with Gasteiger partial charge in [-0.25, -0.2) is 4.98 Å². The topological polar surface area (TPSA) is 48.6 Å². The molecule has 3 aromatic rings. The minimum absolute atomic E-state index is 0.128. The maximum Gasteiger partial charge on any atom is 0.142 e. The van der Waals surface area contributed by atoms with Crippen molar-refractivity contribution in [1.82, 2.24) is 9.55 Å². The molecule has 2 heterocycles. The lowest BCUT2D eigenvalue weighted by molar-refractivity contribution is 0.127. The van der Waals surface area contributed by atoms with Crippen LogP contribution in [0.4, 0.5) is 0 Å². The van der Waals surface area contributed by atoms with E-state index in [1.54, 1.807) is 18.6 Å². The van der Waals surface area contributed by atoms with Crippen LogP contribution in [0, 0.1) is 0 Å². The molecular formula is C19H15Cl2N3O2. The van der Waals surface area contributed by atoms with Gasteiger partial charge in [-0.05, 0) is 35.9 Å². The highest BCUT2D eigenvalue weighted by molar-refractivity contribution is 6.31. The van der Waals surface area contributed by atoms with E-state index in [-0.39, 0.29) is 6.04 Å². The van der Waals surface area contributed by atoms with Gasteiger partial charge >= 0.3 is 0 Å². The average Bonchev–Trinajstić information content (AvgIpc) is 3.17. The van der Waals surface area contributed by atoms with Gasteiger partial charge in [0.25, 0.3) is 0 Å². The highest BCUT2D eigenvalue weighted by Crippen LogP contribution is 2.32. The van der Waals surface area contributed by atoms with E-state index in [0.717, 1.165) is 16.8 Å². The molecule has 132 valence electrons. The molecule has 0 saturated carbocycles. The fourth-order valence-electron chi connectivity index (χ4n) is 2.80. The Morgan fingerprint density at radius 1 is 1.15 bits per heavy atom. The van der Waals surface area contributed by atoms with Crippen LogP contribution in [0.3, 0.4) is 0 Å². The molecule has 0 bridgehead atoms. The number of ether oxygens (including phenoxy) is 1. The molecule has 1 aliphatic heterocycles. The van der Waals surface area contributed by atoms with Crippen LogP contribution in [0.15, 0.2) is 66.3 Å². The third-order valence-electron chi connectivity index (χ3n) is 4.12. The number of oxime groups is 1. The van der Waals surface area contributed by atoms with Gasteiger partial charge in [0.05, 0.1) is 6.33 Å². The number of imidazole rings is 1. The van der Waals surface area contributed by atoms with Crippen molar-refractivity contribution in [2.45, 2.75) is 12.6 Å². The Morgan fingerprint density at radius 2 is 1.96 bits per heavy atom. The zero-order valence-electron chi connectivity index (χ0n) is 13.7. The van der Waals surface area contributed by atoms with E-state index in [1.807, 2.05) is 47.2 Å². The quantitative estimate of drug-likeness (QED) is 0.607. The molecule has 1 atom stereocenters. The number of halogens is 2. The fraction of sp³-hybridized carbons (Fsp3) is 0.158. The van der Waals surface area contributed by atoms with Gasteiger partial charge < -0.3 is 14.1 Å². The van der Waals surface area contributed by atoms with Crippen molar-refractivity contribution in [3.8, 4) is 5.75 Å². The largest absolute Gasteiger partial charge is 0.490 e. The first-order valence-corrected chi connectivity index (χ1v) is 8.81. The third-order valence-corrected chi connectivity index (χ3v) is 4.61. The number of rotatable bonds is 4. The monoisotopic (exact) mass is 387 g/mol. The summed E-state index contributed by atoms with van der Waals surface area (Å²) in [6.07, 6.45) is 5.34. The van der Waals surface area contributed by atoms with Crippen LogP contribution in [-0.2, 0) is 11.4 Å². The lowest BCUT2D eigenvalue weighted by atomic mass is 10.00. The number of benzene rings is 2. The van der Waals surface area contributed by atoms with Gasteiger partial charge in [0.1, 0.15) is 30.7 Å². The summed E-state index contributed by atoms with van der Waals surface area (Å²) in [6, 6.07) is 12.8. The van der Waals surface area contributed by atoms with Gasteiger partial charge in [0.2, 0.25) is 0 Å². The van der Waals surface area contributed by atoms with E-state index < -0.39 is 0 Å². The summed E-state index contributed by atoms with van der Waals surface area (Å²) >= 11 is 12.0. The Bertz CT molecular complexity index is 924. The van der Waals surface area contributed by atoms with Gasteiger partial charge in [0, 0.05) is 28.0 Å². The van der Waals surface area contributed by atoms with Gasteiger partial charge in [-0.3, -0.25) is 0 Å². The molecule has 0 spiro atoms. The molecule has 7 heteroatoms. The molecule has 1 aliphatic rings. The van der Waals surface area contributed by atoms with E-state index in [0.29, 0.717) is 29.0 Å². The standard InChI is InChI=1S/C19H15Cl2N3O2/c20-14-3-1-13(2-4-14)10-26-23-19-16-6-5-15(21)9-18(16)25-11-17(19)24-8-7-22-12-24/h1-9,12,17H,10-11H2/b23-19-. The fourth-order valence-corrected chi connectivity index (χ4v) is 3.09. The van der Waals surface area contributed by atoms with E-state index >= 15 is 0 Å². The summed E-state index contributed by atoms with van der Waals surface area (Å²) in [5.74, 6) is 0.697. The molecule has 26 heavy (non-hydrogen) atoms. The second kappa shape index (κ2) is 7.40. The summed E-state index contributed by atoms with van der Waals surface area (Å²) in [4.78, 5) is 9.75. The van der Waals surface area contributed by atoms with E-state index in [1.165, 1.54) is 0 Å². The average molecular weight is 388 g/mol. The minimum atomic E-state index is -0.128. The minimum Gasteiger partial charge on any atom is -0.490 e. The molecule has 0 aliphatic carbocycles. The van der Waals surface area contributed by atoms with Crippen molar-refractivity contribution >= 4 is 28.9 Å². The second-order valence-electron chi connectivity index (χ2n) is 5.85. The normalized spacial score (nSPS) is 17.6. The molecular weight excluding hydrogens is 373 g/mol. The Morgan fingerprint density at radius 3 is 2.73 bits per heavy atom.